The highest BCUT2D eigenvalue weighted by atomic mass is 16.5. The lowest BCUT2D eigenvalue weighted by atomic mass is 10.1. The zero-order valence-electron chi connectivity index (χ0n) is 15.8. The summed E-state index contributed by atoms with van der Waals surface area (Å²) in [6.07, 6.45) is 2.18. The standard InChI is InChI=1S/C22H22N2O4/c1-26-19-10-8-16(14-20(19)27-2)12-13-23-22(25)17-9-11-21(24-15-17)28-18-6-4-3-5-7-18/h3-11,14-15H,12-13H2,1-2H3,(H,23,25). The van der Waals surface area contributed by atoms with E-state index < -0.39 is 0 Å². The summed E-state index contributed by atoms with van der Waals surface area (Å²) in [4.78, 5) is 16.5. The van der Waals surface area contributed by atoms with Crippen LogP contribution in [0.1, 0.15) is 15.9 Å². The number of methoxy groups -OCH3 is 2. The molecule has 0 aliphatic carbocycles. The van der Waals surface area contributed by atoms with E-state index >= 15 is 0 Å². The smallest absolute Gasteiger partial charge is 0.252 e. The molecule has 0 unspecified atom stereocenters. The number of hydrogen-bond donors (Lipinski definition) is 1. The number of para-hydroxylation sites is 1. The van der Waals surface area contributed by atoms with E-state index in [2.05, 4.69) is 10.3 Å². The second-order valence-electron chi connectivity index (χ2n) is 6.00. The van der Waals surface area contributed by atoms with Crippen molar-refractivity contribution in [1.29, 1.82) is 0 Å². The Morgan fingerprint density at radius 1 is 0.964 bits per heavy atom. The van der Waals surface area contributed by atoms with E-state index in [0.717, 1.165) is 5.56 Å². The number of rotatable bonds is 8. The highest BCUT2D eigenvalue weighted by Gasteiger charge is 2.08. The highest BCUT2D eigenvalue weighted by molar-refractivity contribution is 5.93. The molecule has 1 aromatic heterocycles. The predicted octanol–water partition coefficient (Wildman–Crippen LogP) is 3.86. The fraction of sp³-hybridized carbons (Fsp3) is 0.182. The van der Waals surface area contributed by atoms with Crippen molar-refractivity contribution in [3.63, 3.8) is 0 Å². The summed E-state index contributed by atoms with van der Waals surface area (Å²) >= 11 is 0. The maximum Gasteiger partial charge on any atom is 0.252 e. The molecule has 2 aromatic carbocycles. The zero-order chi connectivity index (χ0) is 19.8. The molecule has 0 saturated heterocycles. The van der Waals surface area contributed by atoms with E-state index in [0.29, 0.717) is 41.7 Å². The quantitative estimate of drug-likeness (QED) is 0.644. The van der Waals surface area contributed by atoms with Gasteiger partial charge in [-0.25, -0.2) is 4.98 Å². The van der Waals surface area contributed by atoms with Crippen LogP contribution in [0.4, 0.5) is 0 Å². The van der Waals surface area contributed by atoms with Gasteiger partial charge in [0.1, 0.15) is 5.75 Å². The lowest BCUT2D eigenvalue weighted by molar-refractivity contribution is 0.0953. The van der Waals surface area contributed by atoms with Crippen LogP contribution in [0.3, 0.4) is 0 Å². The molecule has 0 atom stereocenters. The molecule has 0 saturated carbocycles. The van der Waals surface area contributed by atoms with E-state index in [-0.39, 0.29) is 5.91 Å². The average Bonchev–Trinajstić information content (AvgIpc) is 2.74. The Labute approximate surface area is 164 Å². The summed E-state index contributed by atoms with van der Waals surface area (Å²) in [6, 6.07) is 18.4. The normalized spacial score (nSPS) is 10.2. The minimum atomic E-state index is -0.181. The van der Waals surface area contributed by atoms with Crippen molar-refractivity contribution < 1.29 is 19.0 Å². The predicted molar refractivity (Wildman–Crippen MR) is 106 cm³/mol. The molecule has 0 bridgehead atoms. The van der Waals surface area contributed by atoms with E-state index in [1.54, 1.807) is 26.4 Å². The molecule has 0 aliphatic heterocycles. The molecule has 3 rings (SSSR count). The van der Waals surface area contributed by atoms with Crippen LogP contribution in [0.5, 0.6) is 23.1 Å². The highest BCUT2D eigenvalue weighted by Crippen LogP contribution is 2.27. The van der Waals surface area contributed by atoms with Gasteiger partial charge < -0.3 is 19.5 Å². The third-order valence-corrected chi connectivity index (χ3v) is 4.11. The lowest BCUT2D eigenvalue weighted by Crippen LogP contribution is -2.25. The summed E-state index contributed by atoms with van der Waals surface area (Å²) in [5, 5.41) is 2.89. The SMILES string of the molecule is COc1ccc(CCNC(=O)c2ccc(Oc3ccccc3)nc2)cc1OC. The maximum absolute atomic E-state index is 12.3. The van der Waals surface area contributed by atoms with E-state index in [1.807, 2.05) is 48.5 Å². The van der Waals surface area contributed by atoms with Crippen LogP contribution in [-0.2, 0) is 6.42 Å². The molecular formula is C22H22N2O4. The topological polar surface area (TPSA) is 69.7 Å². The minimum Gasteiger partial charge on any atom is -0.493 e. The van der Waals surface area contributed by atoms with Gasteiger partial charge in [0.05, 0.1) is 19.8 Å². The van der Waals surface area contributed by atoms with Crippen molar-refractivity contribution in [1.82, 2.24) is 10.3 Å². The molecule has 0 fully saturated rings. The van der Waals surface area contributed by atoms with E-state index in [9.17, 15) is 4.79 Å². The number of ether oxygens (including phenoxy) is 3. The molecule has 6 nitrogen and oxygen atoms in total. The Balaban J connectivity index is 1.52. The molecule has 3 aromatic rings. The molecule has 1 N–H and O–H groups in total. The van der Waals surface area contributed by atoms with Crippen molar-refractivity contribution in [3.8, 4) is 23.1 Å². The monoisotopic (exact) mass is 378 g/mol. The largest absolute Gasteiger partial charge is 0.493 e. The van der Waals surface area contributed by atoms with Crippen molar-refractivity contribution in [2.24, 2.45) is 0 Å². The van der Waals surface area contributed by atoms with Gasteiger partial charge in [-0.15, -0.1) is 0 Å². The zero-order valence-corrected chi connectivity index (χ0v) is 15.8. The average molecular weight is 378 g/mol. The van der Waals surface area contributed by atoms with Crippen LogP contribution in [0.25, 0.3) is 0 Å². The first-order valence-corrected chi connectivity index (χ1v) is 8.87. The van der Waals surface area contributed by atoms with Gasteiger partial charge in [-0.3, -0.25) is 4.79 Å². The van der Waals surface area contributed by atoms with Gasteiger partial charge in [0.25, 0.3) is 5.91 Å². The Morgan fingerprint density at radius 3 is 2.43 bits per heavy atom. The van der Waals surface area contributed by atoms with Gasteiger partial charge in [0.2, 0.25) is 5.88 Å². The Kier molecular flexibility index (Phi) is 6.46. The second-order valence-corrected chi connectivity index (χ2v) is 6.00. The van der Waals surface area contributed by atoms with Crippen LogP contribution in [-0.4, -0.2) is 31.7 Å². The first-order chi connectivity index (χ1) is 13.7. The van der Waals surface area contributed by atoms with Gasteiger partial charge in [0, 0.05) is 18.8 Å². The maximum atomic E-state index is 12.3. The molecule has 0 spiro atoms. The molecule has 6 heteroatoms. The number of carbonyl (C=O) groups is 1. The summed E-state index contributed by atoms with van der Waals surface area (Å²) in [5.74, 6) is 2.30. The minimum absolute atomic E-state index is 0.181. The number of benzene rings is 2. The lowest BCUT2D eigenvalue weighted by Gasteiger charge is -2.10. The van der Waals surface area contributed by atoms with Gasteiger partial charge in [-0.2, -0.15) is 0 Å². The number of carbonyl (C=O) groups excluding carboxylic acids is 1. The number of hydrogen-bond acceptors (Lipinski definition) is 5. The fourth-order valence-electron chi connectivity index (χ4n) is 2.64. The third-order valence-electron chi connectivity index (χ3n) is 4.11. The molecule has 0 aliphatic rings. The molecular weight excluding hydrogens is 356 g/mol. The van der Waals surface area contributed by atoms with Crippen LogP contribution in [0.15, 0.2) is 66.9 Å². The molecule has 1 amide bonds. The first kappa shape index (κ1) is 19.2. The van der Waals surface area contributed by atoms with Crippen molar-refractivity contribution in [2.45, 2.75) is 6.42 Å². The van der Waals surface area contributed by atoms with Crippen LogP contribution >= 0.6 is 0 Å². The Morgan fingerprint density at radius 2 is 1.75 bits per heavy atom. The second kappa shape index (κ2) is 9.41. The number of nitrogens with zero attached hydrogens (tertiary/aromatic N) is 1. The Hall–Kier alpha value is -3.54. The van der Waals surface area contributed by atoms with Gasteiger partial charge in [0.15, 0.2) is 11.5 Å². The Bertz CT molecular complexity index is 912. The number of amides is 1. The summed E-state index contributed by atoms with van der Waals surface area (Å²) in [5.41, 5.74) is 1.52. The van der Waals surface area contributed by atoms with Gasteiger partial charge >= 0.3 is 0 Å². The van der Waals surface area contributed by atoms with Crippen molar-refractivity contribution in [3.05, 3.63) is 78.0 Å². The van der Waals surface area contributed by atoms with Crippen LogP contribution in [0, 0.1) is 0 Å². The first-order valence-electron chi connectivity index (χ1n) is 8.87. The van der Waals surface area contributed by atoms with Crippen molar-refractivity contribution in [2.75, 3.05) is 20.8 Å². The number of pyridine rings is 1. The summed E-state index contributed by atoms with van der Waals surface area (Å²) < 4.78 is 16.1. The van der Waals surface area contributed by atoms with Crippen LogP contribution in [0.2, 0.25) is 0 Å². The van der Waals surface area contributed by atoms with Crippen LogP contribution < -0.4 is 19.5 Å². The van der Waals surface area contributed by atoms with E-state index in [1.165, 1.54) is 6.20 Å². The molecule has 1 heterocycles. The number of nitrogens with one attached hydrogen (secondary N) is 1. The van der Waals surface area contributed by atoms with Gasteiger partial charge in [-0.1, -0.05) is 24.3 Å². The van der Waals surface area contributed by atoms with E-state index in [4.69, 9.17) is 14.2 Å². The molecule has 28 heavy (non-hydrogen) atoms. The summed E-state index contributed by atoms with van der Waals surface area (Å²) in [7, 11) is 3.20. The van der Waals surface area contributed by atoms with Crippen molar-refractivity contribution >= 4 is 5.91 Å². The fourth-order valence-corrected chi connectivity index (χ4v) is 2.64. The molecule has 144 valence electrons. The third kappa shape index (κ3) is 5.01. The number of aromatic nitrogens is 1. The van der Waals surface area contributed by atoms with Gasteiger partial charge in [-0.05, 0) is 42.3 Å². The summed E-state index contributed by atoms with van der Waals surface area (Å²) in [6.45, 7) is 0.497. The molecule has 0 radical (unpaired) electrons.